The summed E-state index contributed by atoms with van der Waals surface area (Å²) >= 11 is 1.86. The summed E-state index contributed by atoms with van der Waals surface area (Å²) in [6.45, 7) is 0. The molecular weight excluding hydrogens is 613 g/mol. The van der Waals surface area contributed by atoms with Crippen LogP contribution in [0.15, 0.2) is 182 Å². The highest BCUT2D eigenvalue weighted by molar-refractivity contribution is 7.25. The zero-order valence-electron chi connectivity index (χ0n) is 26.6. The van der Waals surface area contributed by atoms with Gasteiger partial charge in [-0.2, -0.15) is 0 Å². The van der Waals surface area contributed by atoms with Crippen LogP contribution < -0.4 is 4.90 Å². The minimum absolute atomic E-state index is 1.11. The molecule has 0 aliphatic carbocycles. The van der Waals surface area contributed by atoms with Gasteiger partial charge in [0.1, 0.15) is 0 Å². The van der Waals surface area contributed by atoms with Gasteiger partial charge in [0.05, 0.1) is 11.0 Å². The van der Waals surface area contributed by atoms with Crippen molar-refractivity contribution in [1.29, 1.82) is 0 Å². The molecule has 2 aromatic heterocycles. The number of aromatic nitrogens is 1. The van der Waals surface area contributed by atoms with E-state index >= 15 is 0 Å². The van der Waals surface area contributed by atoms with Crippen molar-refractivity contribution in [3.05, 3.63) is 182 Å². The maximum atomic E-state index is 2.47. The maximum absolute atomic E-state index is 2.47. The Labute approximate surface area is 288 Å². The molecule has 0 amide bonds. The van der Waals surface area contributed by atoms with Gasteiger partial charge in [0.25, 0.3) is 0 Å². The van der Waals surface area contributed by atoms with Crippen molar-refractivity contribution in [1.82, 2.24) is 4.57 Å². The number of benzene rings is 8. The summed E-state index contributed by atoms with van der Waals surface area (Å²) in [5.74, 6) is 0. The summed E-state index contributed by atoms with van der Waals surface area (Å²) in [4.78, 5) is 2.40. The molecule has 49 heavy (non-hydrogen) atoms. The molecule has 0 saturated carbocycles. The van der Waals surface area contributed by atoms with Crippen LogP contribution in [-0.2, 0) is 0 Å². The van der Waals surface area contributed by atoms with E-state index in [1.54, 1.807) is 0 Å². The van der Waals surface area contributed by atoms with E-state index in [4.69, 9.17) is 0 Å². The number of fused-ring (bicyclic) bond motifs is 8. The number of hydrogen-bond acceptors (Lipinski definition) is 2. The monoisotopic (exact) mass is 642 g/mol. The van der Waals surface area contributed by atoms with Crippen LogP contribution in [0.25, 0.3) is 69.6 Å². The third-order valence-corrected chi connectivity index (χ3v) is 10.9. The van der Waals surface area contributed by atoms with Gasteiger partial charge in [-0.25, -0.2) is 0 Å². The lowest BCUT2D eigenvalue weighted by Crippen LogP contribution is -2.09. The number of thiophene rings is 1. The van der Waals surface area contributed by atoms with E-state index in [-0.39, 0.29) is 0 Å². The van der Waals surface area contributed by atoms with Crippen molar-refractivity contribution in [2.24, 2.45) is 0 Å². The summed E-state index contributed by atoms with van der Waals surface area (Å²) in [6.07, 6.45) is 0. The minimum Gasteiger partial charge on any atom is -0.310 e. The molecule has 230 valence electrons. The number of nitrogens with zero attached hydrogens (tertiary/aromatic N) is 2. The van der Waals surface area contributed by atoms with Crippen molar-refractivity contribution in [3.63, 3.8) is 0 Å². The Morgan fingerprint density at radius 2 is 1.06 bits per heavy atom. The molecule has 0 aliphatic heterocycles. The van der Waals surface area contributed by atoms with Crippen LogP contribution in [0.5, 0.6) is 0 Å². The average molecular weight is 643 g/mol. The first-order valence-electron chi connectivity index (χ1n) is 16.7. The lowest BCUT2D eigenvalue weighted by molar-refractivity contribution is 1.18. The van der Waals surface area contributed by atoms with E-state index in [0.29, 0.717) is 0 Å². The molecule has 0 N–H and O–H groups in total. The maximum Gasteiger partial charge on any atom is 0.0625 e. The first-order valence-corrected chi connectivity index (χ1v) is 17.5. The number of anilines is 3. The number of para-hydroxylation sites is 2. The van der Waals surface area contributed by atoms with Crippen molar-refractivity contribution in [2.75, 3.05) is 4.90 Å². The second-order valence-corrected chi connectivity index (χ2v) is 13.6. The molecule has 0 spiro atoms. The van der Waals surface area contributed by atoms with E-state index in [1.165, 1.54) is 63.9 Å². The Hall–Kier alpha value is -6.16. The highest BCUT2D eigenvalue weighted by Gasteiger charge is 2.22. The van der Waals surface area contributed by atoms with E-state index < -0.39 is 0 Å². The molecule has 0 unspecified atom stereocenters. The molecule has 0 fully saturated rings. The third kappa shape index (κ3) is 4.47. The molecule has 0 bridgehead atoms. The zero-order valence-corrected chi connectivity index (χ0v) is 27.4. The summed E-state index contributed by atoms with van der Waals surface area (Å²) in [5.41, 5.74) is 9.39. The molecular formula is C46H30N2S. The minimum atomic E-state index is 1.11. The Kier molecular flexibility index (Phi) is 6.39. The standard InChI is InChI=1S/C46H30N2S/c1-4-14-31(15-5-1)40-28-32-16-10-11-21-37(32)46-45(40)39-26-24-36(30-42(39)48(46)34-19-8-3-9-20-34)47(33-17-6-2-7-18-33)35-25-27-44-41(29-35)38-22-12-13-23-43(38)49-44/h1-30H. The van der Waals surface area contributed by atoms with E-state index in [0.717, 1.165) is 22.7 Å². The largest absolute Gasteiger partial charge is 0.310 e. The molecule has 0 aliphatic rings. The summed E-state index contributed by atoms with van der Waals surface area (Å²) in [7, 11) is 0. The fourth-order valence-corrected chi connectivity index (χ4v) is 8.66. The second kappa shape index (κ2) is 11.2. The van der Waals surface area contributed by atoms with Crippen LogP contribution in [-0.4, -0.2) is 4.57 Å². The number of rotatable bonds is 5. The predicted molar refractivity (Wildman–Crippen MR) is 211 cm³/mol. The molecule has 3 heteroatoms. The highest BCUT2D eigenvalue weighted by Crippen LogP contribution is 2.46. The lowest BCUT2D eigenvalue weighted by Gasteiger charge is -2.26. The van der Waals surface area contributed by atoms with Crippen LogP contribution in [0.1, 0.15) is 0 Å². The average Bonchev–Trinajstić information content (AvgIpc) is 3.72. The summed E-state index contributed by atoms with van der Waals surface area (Å²) in [6, 6.07) is 66.2. The van der Waals surface area contributed by atoms with Gasteiger partial charge in [0, 0.05) is 59.1 Å². The van der Waals surface area contributed by atoms with Gasteiger partial charge >= 0.3 is 0 Å². The first-order chi connectivity index (χ1) is 24.3. The molecule has 2 nitrogen and oxygen atoms in total. The summed E-state index contributed by atoms with van der Waals surface area (Å²) in [5, 5.41) is 7.58. The van der Waals surface area contributed by atoms with Crippen LogP contribution in [0.2, 0.25) is 0 Å². The van der Waals surface area contributed by atoms with E-state index in [9.17, 15) is 0 Å². The molecule has 0 atom stereocenters. The van der Waals surface area contributed by atoms with Crippen molar-refractivity contribution >= 4 is 81.1 Å². The van der Waals surface area contributed by atoms with Gasteiger partial charge < -0.3 is 9.47 Å². The van der Waals surface area contributed by atoms with Crippen LogP contribution >= 0.6 is 11.3 Å². The first kappa shape index (κ1) is 27.9. The quantitative estimate of drug-likeness (QED) is 0.181. The normalized spacial score (nSPS) is 11.7. The molecule has 8 aromatic carbocycles. The zero-order chi connectivity index (χ0) is 32.3. The van der Waals surface area contributed by atoms with Crippen molar-refractivity contribution < 1.29 is 0 Å². The molecule has 2 heterocycles. The number of hydrogen-bond donors (Lipinski definition) is 0. The Balaban J connectivity index is 1.30. The van der Waals surface area contributed by atoms with Crippen LogP contribution in [0.3, 0.4) is 0 Å². The molecule has 0 radical (unpaired) electrons. The van der Waals surface area contributed by atoms with Crippen molar-refractivity contribution in [3.8, 4) is 16.8 Å². The Bertz CT molecular complexity index is 2810. The van der Waals surface area contributed by atoms with Gasteiger partial charge in [-0.05, 0) is 83.2 Å². The Morgan fingerprint density at radius 3 is 1.88 bits per heavy atom. The van der Waals surface area contributed by atoms with Gasteiger partial charge in [0.15, 0.2) is 0 Å². The lowest BCUT2D eigenvalue weighted by atomic mass is 9.95. The van der Waals surface area contributed by atoms with Gasteiger partial charge in [-0.3, -0.25) is 0 Å². The van der Waals surface area contributed by atoms with E-state index in [1.807, 2.05) is 11.3 Å². The van der Waals surface area contributed by atoms with Gasteiger partial charge in [-0.15, -0.1) is 11.3 Å². The van der Waals surface area contributed by atoms with E-state index in [2.05, 4.69) is 191 Å². The van der Waals surface area contributed by atoms with Gasteiger partial charge in [0.2, 0.25) is 0 Å². The van der Waals surface area contributed by atoms with Crippen molar-refractivity contribution in [2.45, 2.75) is 0 Å². The molecule has 10 aromatic rings. The highest BCUT2D eigenvalue weighted by atomic mass is 32.1. The topological polar surface area (TPSA) is 8.17 Å². The molecule has 0 saturated heterocycles. The third-order valence-electron chi connectivity index (χ3n) is 9.73. The predicted octanol–water partition coefficient (Wildman–Crippen LogP) is 13.4. The molecule has 10 rings (SSSR count). The van der Waals surface area contributed by atoms with Gasteiger partial charge in [-0.1, -0.05) is 115 Å². The fraction of sp³-hybridized carbons (Fsp3) is 0. The fourth-order valence-electron chi connectivity index (χ4n) is 7.58. The smallest absolute Gasteiger partial charge is 0.0625 e. The van der Waals surface area contributed by atoms with Crippen LogP contribution in [0.4, 0.5) is 17.1 Å². The van der Waals surface area contributed by atoms with Crippen LogP contribution in [0, 0.1) is 0 Å². The SMILES string of the molecule is c1ccc(-c2cc3ccccc3c3c2c2ccc(N(c4ccccc4)c4ccc5sc6ccccc6c5c4)cc2n3-c2ccccc2)cc1. The Morgan fingerprint density at radius 1 is 0.429 bits per heavy atom. The summed E-state index contributed by atoms with van der Waals surface area (Å²) < 4.78 is 5.09. The second-order valence-electron chi connectivity index (χ2n) is 12.6.